The standard InChI is InChI=1S/C20H22NO3/c1-12-5-14(3)18(22)16(7-12)9-20(24,11-21)10-17-8-13(2)6-15(4)19(17)23/h5-8,22-23H,9-10H2,1-4H3. The second-order valence-electron chi connectivity index (χ2n) is 6.64. The van der Waals surface area contributed by atoms with Crippen molar-refractivity contribution in [2.75, 3.05) is 0 Å². The first kappa shape index (κ1) is 17.8. The molecule has 0 aliphatic rings. The Balaban J connectivity index is 2.39. The molecule has 0 saturated carbocycles. The summed E-state index contributed by atoms with van der Waals surface area (Å²) in [7, 11) is 0. The van der Waals surface area contributed by atoms with E-state index in [1.54, 1.807) is 26.0 Å². The molecule has 24 heavy (non-hydrogen) atoms. The molecule has 0 unspecified atom stereocenters. The third kappa shape index (κ3) is 3.69. The lowest BCUT2D eigenvalue weighted by molar-refractivity contribution is 0.0212. The molecule has 4 nitrogen and oxygen atoms in total. The summed E-state index contributed by atoms with van der Waals surface area (Å²) in [6.45, 7) is 7.29. The van der Waals surface area contributed by atoms with Crippen molar-refractivity contribution in [3.63, 3.8) is 0 Å². The monoisotopic (exact) mass is 324 g/mol. The molecule has 2 aromatic rings. The number of nitriles is 1. The summed E-state index contributed by atoms with van der Waals surface area (Å²) in [6, 6.07) is 8.94. The third-order valence-electron chi connectivity index (χ3n) is 4.20. The molecule has 0 fully saturated rings. The molecular formula is C20H22NO3. The van der Waals surface area contributed by atoms with E-state index in [-0.39, 0.29) is 24.3 Å². The van der Waals surface area contributed by atoms with Gasteiger partial charge in [-0.25, -0.2) is 5.11 Å². The van der Waals surface area contributed by atoms with Crippen LogP contribution in [0.3, 0.4) is 0 Å². The van der Waals surface area contributed by atoms with Crippen LogP contribution in [0, 0.1) is 39.0 Å². The summed E-state index contributed by atoms with van der Waals surface area (Å²) >= 11 is 0. The van der Waals surface area contributed by atoms with Crippen molar-refractivity contribution in [1.29, 1.82) is 5.26 Å². The van der Waals surface area contributed by atoms with E-state index in [0.717, 1.165) is 11.1 Å². The molecule has 0 spiro atoms. The third-order valence-corrected chi connectivity index (χ3v) is 4.20. The molecule has 0 amide bonds. The minimum Gasteiger partial charge on any atom is -0.507 e. The van der Waals surface area contributed by atoms with E-state index >= 15 is 0 Å². The minimum absolute atomic E-state index is 0.0562. The van der Waals surface area contributed by atoms with Crippen LogP contribution in [0.4, 0.5) is 0 Å². The van der Waals surface area contributed by atoms with Crippen molar-refractivity contribution in [1.82, 2.24) is 0 Å². The molecule has 1 radical (unpaired) electrons. The van der Waals surface area contributed by atoms with Gasteiger partial charge in [-0.1, -0.05) is 35.4 Å². The van der Waals surface area contributed by atoms with E-state index in [2.05, 4.69) is 0 Å². The van der Waals surface area contributed by atoms with Crippen LogP contribution in [-0.4, -0.2) is 15.8 Å². The van der Waals surface area contributed by atoms with Crippen LogP contribution in [0.2, 0.25) is 0 Å². The SMILES string of the molecule is Cc1cc(C)c(O)c(CC([O])(C#N)Cc2cc(C)cc(C)c2O)c1. The van der Waals surface area contributed by atoms with Gasteiger partial charge in [-0.2, -0.15) is 5.26 Å². The van der Waals surface area contributed by atoms with Crippen molar-refractivity contribution in [2.45, 2.75) is 46.1 Å². The number of aromatic hydroxyl groups is 2. The predicted molar refractivity (Wildman–Crippen MR) is 91.6 cm³/mol. The lowest BCUT2D eigenvalue weighted by Gasteiger charge is -2.21. The van der Waals surface area contributed by atoms with Gasteiger partial charge in [-0.15, -0.1) is 0 Å². The number of aryl methyl sites for hydroxylation is 4. The largest absolute Gasteiger partial charge is 0.507 e. The van der Waals surface area contributed by atoms with Gasteiger partial charge in [0.05, 0.1) is 0 Å². The van der Waals surface area contributed by atoms with Crippen molar-refractivity contribution in [3.05, 3.63) is 57.6 Å². The fourth-order valence-electron chi connectivity index (χ4n) is 3.12. The summed E-state index contributed by atoms with van der Waals surface area (Å²) in [5.74, 6) is 0.112. The van der Waals surface area contributed by atoms with E-state index in [0.29, 0.717) is 22.3 Å². The Morgan fingerprint density at radius 1 is 0.875 bits per heavy atom. The highest BCUT2D eigenvalue weighted by molar-refractivity contribution is 5.46. The first-order chi connectivity index (χ1) is 11.1. The van der Waals surface area contributed by atoms with Gasteiger partial charge >= 0.3 is 0 Å². The van der Waals surface area contributed by atoms with Gasteiger partial charge in [0.1, 0.15) is 17.6 Å². The summed E-state index contributed by atoms with van der Waals surface area (Å²) in [6.07, 6.45) is -0.242. The number of benzene rings is 2. The van der Waals surface area contributed by atoms with E-state index in [9.17, 15) is 20.6 Å². The minimum atomic E-state index is -1.96. The zero-order valence-corrected chi connectivity index (χ0v) is 14.5. The molecule has 2 aromatic carbocycles. The van der Waals surface area contributed by atoms with Crippen LogP contribution >= 0.6 is 0 Å². The first-order valence-corrected chi connectivity index (χ1v) is 7.85. The van der Waals surface area contributed by atoms with Crippen LogP contribution in [0.5, 0.6) is 11.5 Å². The van der Waals surface area contributed by atoms with Crippen LogP contribution in [-0.2, 0) is 17.9 Å². The quantitative estimate of drug-likeness (QED) is 0.897. The lowest BCUT2D eigenvalue weighted by atomic mass is 9.86. The molecule has 125 valence electrons. The molecule has 2 N–H and O–H groups in total. The average molecular weight is 324 g/mol. The van der Waals surface area contributed by atoms with Gasteiger partial charge in [-0.3, -0.25) is 0 Å². The molecule has 0 atom stereocenters. The highest BCUT2D eigenvalue weighted by Gasteiger charge is 2.32. The normalized spacial score (nSPS) is 11.3. The Morgan fingerprint density at radius 2 is 1.25 bits per heavy atom. The highest BCUT2D eigenvalue weighted by atomic mass is 16.3. The second kappa shape index (κ2) is 6.54. The molecule has 2 rings (SSSR count). The zero-order chi connectivity index (χ0) is 18.1. The smallest absolute Gasteiger partial charge is 0.197 e. The molecule has 0 aliphatic heterocycles. The van der Waals surface area contributed by atoms with Crippen LogP contribution < -0.4 is 0 Å². The van der Waals surface area contributed by atoms with E-state index in [1.807, 2.05) is 32.0 Å². The average Bonchev–Trinajstić information content (AvgIpc) is 2.49. The summed E-state index contributed by atoms with van der Waals surface area (Å²) < 4.78 is 0. The molecule has 0 saturated heterocycles. The topological polar surface area (TPSA) is 84.1 Å². The fourth-order valence-corrected chi connectivity index (χ4v) is 3.12. The molecule has 4 heteroatoms. The zero-order valence-electron chi connectivity index (χ0n) is 14.5. The number of rotatable bonds is 4. The van der Waals surface area contributed by atoms with Gasteiger partial charge < -0.3 is 10.2 Å². The number of nitrogens with zero attached hydrogens (tertiary/aromatic N) is 1. The van der Waals surface area contributed by atoms with E-state index in [4.69, 9.17) is 0 Å². The summed E-state index contributed by atoms with van der Waals surface area (Å²) in [4.78, 5) is 0. The first-order valence-electron chi connectivity index (χ1n) is 7.85. The Bertz CT molecular complexity index is 759. The summed E-state index contributed by atoms with van der Waals surface area (Å²) in [5, 5.41) is 42.8. The Kier molecular flexibility index (Phi) is 4.86. The maximum Gasteiger partial charge on any atom is 0.197 e. The molecule has 0 heterocycles. The Labute approximate surface area is 142 Å². The lowest BCUT2D eigenvalue weighted by Crippen LogP contribution is -2.31. The van der Waals surface area contributed by atoms with Crippen LogP contribution in [0.1, 0.15) is 33.4 Å². The van der Waals surface area contributed by atoms with Gasteiger partial charge in [0.25, 0.3) is 0 Å². The number of hydrogen-bond acceptors (Lipinski definition) is 3. The maximum absolute atomic E-state index is 13.0. The second-order valence-corrected chi connectivity index (χ2v) is 6.64. The van der Waals surface area contributed by atoms with Gasteiger partial charge in [0.2, 0.25) is 0 Å². The van der Waals surface area contributed by atoms with E-state index in [1.165, 1.54) is 0 Å². The predicted octanol–water partition coefficient (Wildman–Crippen LogP) is 3.81. The molecular weight excluding hydrogens is 302 g/mol. The molecule has 0 aromatic heterocycles. The van der Waals surface area contributed by atoms with Gasteiger partial charge in [-0.05, 0) is 49.9 Å². The maximum atomic E-state index is 13.0. The number of phenolic OH excluding ortho intramolecular Hbond substituents is 2. The Hall–Kier alpha value is -2.51. The number of phenols is 2. The van der Waals surface area contributed by atoms with Crippen molar-refractivity contribution in [2.24, 2.45) is 0 Å². The summed E-state index contributed by atoms with van der Waals surface area (Å²) in [5.41, 5.74) is 2.18. The van der Waals surface area contributed by atoms with E-state index < -0.39 is 5.60 Å². The van der Waals surface area contributed by atoms with Crippen molar-refractivity contribution >= 4 is 0 Å². The highest BCUT2D eigenvalue weighted by Crippen LogP contribution is 2.32. The molecule has 0 aliphatic carbocycles. The molecule has 0 bridgehead atoms. The number of hydrogen-bond donors (Lipinski definition) is 2. The van der Waals surface area contributed by atoms with Crippen molar-refractivity contribution < 1.29 is 15.3 Å². The van der Waals surface area contributed by atoms with Crippen LogP contribution in [0.25, 0.3) is 0 Å². The van der Waals surface area contributed by atoms with Crippen molar-refractivity contribution in [3.8, 4) is 17.6 Å². The Morgan fingerprint density at radius 3 is 1.58 bits per heavy atom. The van der Waals surface area contributed by atoms with Gasteiger partial charge in [0.15, 0.2) is 5.60 Å². The van der Waals surface area contributed by atoms with Gasteiger partial charge in [0, 0.05) is 12.8 Å². The van der Waals surface area contributed by atoms with Crippen LogP contribution in [0.15, 0.2) is 24.3 Å². The fraction of sp³-hybridized carbons (Fsp3) is 0.350.